The number of aliphatic hydroxyl groups excluding tert-OH is 1. The summed E-state index contributed by atoms with van der Waals surface area (Å²) in [5.74, 6) is -0.619. The summed E-state index contributed by atoms with van der Waals surface area (Å²) in [7, 11) is -3.74. The van der Waals surface area contributed by atoms with Crippen LogP contribution in [0.4, 0.5) is 5.69 Å². The van der Waals surface area contributed by atoms with E-state index in [1.807, 2.05) is 0 Å². The molecule has 0 heterocycles. The molecule has 2 aromatic rings. The van der Waals surface area contributed by atoms with Crippen LogP contribution in [0.1, 0.15) is 15.9 Å². The minimum absolute atomic E-state index is 0.0266. The van der Waals surface area contributed by atoms with Gasteiger partial charge in [-0.25, -0.2) is 8.42 Å². The lowest BCUT2D eigenvalue weighted by molar-refractivity contribution is 0.1000. The molecule has 0 saturated heterocycles. The van der Waals surface area contributed by atoms with Crippen molar-refractivity contribution in [2.45, 2.75) is 11.5 Å². The van der Waals surface area contributed by atoms with Crippen LogP contribution in [0.15, 0.2) is 53.4 Å². The van der Waals surface area contributed by atoms with Gasteiger partial charge in [0.05, 0.1) is 11.5 Å². The predicted octanol–water partition coefficient (Wildman–Crippen LogP) is 1.08. The number of hydrogen-bond acceptors (Lipinski definition) is 4. The van der Waals surface area contributed by atoms with Crippen LogP contribution < -0.4 is 10.5 Å². The molecule has 6 nitrogen and oxygen atoms in total. The minimum Gasteiger partial charge on any atom is -0.392 e. The monoisotopic (exact) mass is 306 g/mol. The van der Waals surface area contributed by atoms with Gasteiger partial charge in [0.2, 0.25) is 5.91 Å². The number of nitrogens with two attached hydrogens (primary N) is 1. The second kappa shape index (κ2) is 5.94. The van der Waals surface area contributed by atoms with Crippen LogP contribution in [0, 0.1) is 0 Å². The van der Waals surface area contributed by atoms with Crippen molar-refractivity contribution in [1.82, 2.24) is 0 Å². The van der Waals surface area contributed by atoms with Crippen molar-refractivity contribution in [3.8, 4) is 0 Å². The SMILES string of the molecule is NC(=O)c1ccc(S(=O)(=O)Nc2ccc(CO)cc2)cc1. The normalized spacial score (nSPS) is 11.1. The van der Waals surface area contributed by atoms with E-state index in [-0.39, 0.29) is 17.1 Å². The van der Waals surface area contributed by atoms with E-state index in [1.54, 1.807) is 24.3 Å². The Bertz CT molecular complexity index is 738. The number of aliphatic hydroxyl groups is 1. The first-order valence-corrected chi connectivity index (χ1v) is 7.53. The van der Waals surface area contributed by atoms with E-state index in [0.29, 0.717) is 11.3 Å². The van der Waals surface area contributed by atoms with Gasteiger partial charge in [-0.05, 0) is 42.0 Å². The molecule has 2 aromatic carbocycles. The summed E-state index contributed by atoms with van der Waals surface area (Å²) < 4.78 is 26.7. The van der Waals surface area contributed by atoms with Crippen LogP contribution in [0.25, 0.3) is 0 Å². The number of rotatable bonds is 5. The van der Waals surface area contributed by atoms with Crippen molar-refractivity contribution in [3.05, 3.63) is 59.7 Å². The van der Waals surface area contributed by atoms with Crippen molar-refractivity contribution in [2.24, 2.45) is 5.73 Å². The third kappa shape index (κ3) is 3.59. The molecule has 0 unspecified atom stereocenters. The number of anilines is 1. The molecule has 21 heavy (non-hydrogen) atoms. The number of hydrogen-bond donors (Lipinski definition) is 3. The van der Waals surface area contributed by atoms with Gasteiger partial charge in [0, 0.05) is 11.3 Å². The van der Waals surface area contributed by atoms with Crippen molar-refractivity contribution in [2.75, 3.05) is 4.72 Å². The summed E-state index contributed by atoms with van der Waals surface area (Å²) in [6.45, 7) is -0.110. The largest absolute Gasteiger partial charge is 0.392 e. The molecular formula is C14H14N2O4S. The highest BCUT2D eigenvalue weighted by molar-refractivity contribution is 7.92. The zero-order valence-electron chi connectivity index (χ0n) is 11.0. The van der Waals surface area contributed by atoms with E-state index in [9.17, 15) is 13.2 Å². The first-order valence-electron chi connectivity index (χ1n) is 6.05. The van der Waals surface area contributed by atoms with Crippen LogP contribution in [-0.2, 0) is 16.6 Å². The lowest BCUT2D eigenvalue weighted by Gasteiger charge is -2.09. The van der Waals surface area contributed by atoms with Crippen molar-refractivity contribution in [3.63, 3.8) is 0 Å². The Morgan fingerprint density at radius 2 is 1.62 bits per heavy atom. The van der Waals surface area contributed by atoms with Gasteiger partial charge in [-0.3, -0.25) is 9.52 Å². The summed E-state index contributed by atoms with van der Waals surface area (Å²) >= 11 is 0. The van der Waals surface area contributed by atoms with Gasteiger partial charge >= 0.3 is 0 Å². The highest BCUT2D eigenvalue weighted by Crippen LogP contribution is 2.17. The average Bonchev–Trinajstić information content (AvgIpc) is 2.48. The molecule has 0 radical (unpaired) electrons. The standard InChI is InChI=1S/C14H14N2O4S/c15-14(18)11-3-7-13(8-4-11)21(19,20)16-12-5-1-10(9-17)2-6-12/h1-8,16-17H,9H2,(H2,15,18). The third-order valence-corrected chi connectivity index (χ3v) is 4.24. The van der Waals surface area contributed by atoms with Crippen LogP contribution in [0.5, 0.6) is 0 Å². The number of carbonyl (C=O) groups excluding carboxylic acids is 1. The van der Waals surface area contributed by atoms with Crippen LogP contribution >= 0.6 is 0 Å². The topological polar surface area (TPSA) is 109 Å². The molecule has 0 fully saturated rings. The second-order valence-electron chi connectivity index (χ2n) is 4.35. The summed E-state index contributed by atoms with van der Waals surface area (Å²) in [6.07, 6.45) is 0. The highest BCUT2D eigenvalue weighted by atomic mass is 32.2. The van der Waals surface area contributed by atoms with E-state index in [4.69, 9.17) is 10.8 Å². The average molecular weight is 306 g/mol. The first kappa shape index (κ1) is 15.0. The Balaban J connectivity index is 2.22. The van der Waals surface area contributed by atoms with E-state index >= 15 is 0 Å². The second-order valence-corrected chi connectivity index (χ2v) is 6.03. The summed E-state index contributed by atoms with van der Waals surface area (Å²) in [6, 6.07) is 11.7. The summed E-state index contributed by atoms with van der Waals surface area (Å²) in [5, 5.41) is 8.93. The molecule has 0 aliphatic carbocycles. The minimum atomic E-state index is -3.74. The van der Waals surface area contributed by atoms with E-state index in [0.717, 1.165) is 0 Å². The quantitative estimate of drug-likeness (QED) is 0.767. The molecule has 7 heteroatoms. The Labute approximate surface area is 122 Å². The molecule has 4 N–H and O–H groups in total. The number of benzene rings is 2. The number of carbonyl (C=O) groups is 1. The Hall–Kier alpha value is -2.38. The van der Waals surface area contributed by atoms with Gasteiger partial charge in [-0.15, -0.1) is 0 Å². The molecular weight excluding hydrogens is 292 g/mol. The fraction of sp³-hybridized carbons (Fsp3) is 0.0714. The van der Waals surface area contributed by atoms with Crippen molar-refractivity contribution < 1.29 is 18.3 Å². The zero-order valence-corrected chi connectivity index (χ0v) is 11.8. The smallest absolute Gasteiger partial charge is 0.261 e. The van der Waals surface area contributed by atoms with Crippen LogP contribution in [0.2, 0.25) is 0 Å². The fourth-order valence-electron chi connectivity index (χ4n) is 1.69. The maximum Gasteiger partial charge on any atom is 0.261 e. The van der Waals surface area contributed by atoms with Crippen molar-refractivity contribution in [1.29, 1.82) is 0 Å². The molecule has 0 atom stereocenters. The van der Waals surface area contributed by atoms with Gasteiger partial charge < -0.3 is 10.8 Å². The molecule has 0 spiro atoms. The van der Waals surface area contributed by atoms with Gasteiger partial charge in [-0.1, -0.05) is 12.1 Å². The van der Waals surface area contributed by atoms with Gasteiger partial charge in [0.25, 0.3) is 10.0 Å². The Morgan fingerprint density at radius 1 is 1.05 bits per heavy atom. The first-order chi connectivity index (χ1) is 9.92. The van der Waals surface area contributed by atoms with Crippen LogP contribution in [0.3, 0.4) is 0 Å². The lowest BCUT2D eigenvalue weighted by atomic mass is 10.2. The molecule has 1 amide bonds. The number of sulfonamides is 1. The Morgan fingerprint density at radius 3 is 2.10 bits per heavy atom. The van der Waals surface area contributed by atoms with E-state index in [1.165, 1.54) is 24.3 Å². The predicted molar refractivity (Wildman–Crippen MR) is 78.1 cm³/mol. The zero-order chi connectivity index (χ0) is 15.5. The molecule has 0 saturated carbocycles. The third-order valence-electron chi connectivity index (χ3n) is 2.84. The molecule has 0 aliphatic heterocycles. The molecule has 2 rings (SSSR count). The summed E-state index contributed by atoms with van der Waals surface area (Å²) in [4.78, 5) is 11.0. The van der Waals surface area contributed by atoms with E-state index in [2.05, 4.69) is 4.72 Å². The maximum atomic E-state index is 12.2. The Kier molecular flexibility index (Phi) is 4.25. The number of primary amides is 1. The number of amides is 1. The maximum absolute atomic E-state index is 12.2. The fourth-order valence-corrected chi connectivity index (χ4v) is 2.75. The van der Waals surface area contributed by atoms with Gasteiger partial charge in [-0.2, -0.15) is 0 Å². The molecule has 110 valence electrons. The number of nitrogens with one attached hydrogen (secondary N) is 1. The molecule has 0 bridgehead atoms. The van der Waals surface area contributed by atoms with E-state index < -0.39 is 15.9 Å². The molecule has 0 aliphatic rings. The van der Waals surface area contributed by atoms with Crippen LogP contribution in [-0.4, -0.2) is 19.4 Å². The highest BCUT2D eigenvalue weighted by Gasteiger charge is 2.14. The lowest BCUT2D eigenvalue weighted by Crippen LogP contribution is -2.14. The molecule has 0 aromatic heterocycles. The van der Waals surface area contributed by atoms with Gasteiger partial charge in [0.15, 0.2) is 0 Å². The summed E-state index contributed by atoms with van der Waals surface area (Å²) in [5.41, 5.74) is 6.40. The van der Waals surface area contributed by atoms with Crippen molar-refractivity contribution >= 4 is 21.6 Å². The van der Waals surface area contributed by atoms with Gasteiger partial charge in [0.1, 0.15) is 0 Å².